The highest BCUT2D eigenvalue weighted by Crippen LogP contribution is 2.29. The fraction of sp³-hybridized carbons (Fsp3) is 0.241. The third kappa shape index (κ3) is 5.97. The number of para-hydroxylation sites is 2. The Morgan fingerprint density at radius 2 is 1.89 bits per heavy atom. The van der Waals surface area contributed by atoms with E-state index in [1.165, 1.54) is 0 Å². The number of halogens is 1. The Labute approximate surface area is 220 Å². The Morgan fingerprint density at radius 3 is 2.64 bits per heavy atom. The molecule has 4 rings (SSSR count). The summed E-state index contributed by atoms with van der Waals surface area (Å²) in [4.78, 5) is 17.6. The summed E-state index contributed by atoms with van der Waals surface area (Å²) in [5.41, 5.74) is 3.61. The molecule has 0 aliphatic heterocycles. The molecule has 0 aliphatic carbocycles. The van der Waals surface area contributed by atoms with Gasteiger partial charge in [-0.15, -0.1) is 0 Å². The molecule has 4 aromatic rings. The second-order valence-corrected chi connectivity index (χ2v) is 9.34. The first-order chi connectivity index (χ1) is 17.5. The van der Waals surface area contributed by atoms with Crippen LogP contribution in [0.2, 0.25) is 0 Å². The van der Waals surface area contributed by atoms with Gasteiger partial charge in [-0.05, 0) is 74.4 Å². The smallest absolute Gasteiger partial charge is 0.251 e. The number of amides is 1. The Balaban J connectivity index is 1.46. The van der Waals surface area contributed by atoms with E-state index in [1.807, 2.05) is 74.5 Å². The molecule has 0 radical (unpaired) electrons. The van der Waals surface area contributed by atoms with Crippen molar-refractivity contribution in [3.05, 3.63) is 94.2 Å². The average molecular weight is 548 g/mol. The molecule has 0 aliphatic rings. The highest BCUT2D eigenvalue weighted by atomic mass is 79.9. The van der Waals surface area contributed by atoms with E-state index in [0.717, 1.165) is 39.1 Å². The van der Waals surface area contributed by atoms with Crippen molar-refractivity contribution in [3.8, 4) is 11.5 Å². The first-order valence-corrected chi connectivity index (χ1v) is 12.7. The van der Waals surface area contributed by atoms with Crippen LogP contribution in [0.25, 0.3) is 17.1 Å². The van der Waals surface area contributed by atoms with Crippen LogP contribution >= 0.6 is 15.9 Å². The lowest BCUT2D eigenvalue weighted by atomic mass is 10.2. The molecule has 1 aromatic heterocycles. The van der Waals surface area contributed by atoms with Gasteiger partial charge < -0.3 is 19.4 Å². The van der Waals surface area contributed by atoms with Gasteiger partial charge in [-0.1, -0.05) is 46.3 Å². The zero-order chi connectivity index (χ0) is 25.5. The van der Waals surface area contributed by atoms with Gasteiger partial charge in [0.2, 0.25) is 0 Å². The lowest BCUT2D eigenvalue weighted by Gasteiger charge is -2.17. The highest BCUT2D eigenvalue weighted by molar-refractivity contribution is 9.10. The van der Waals surface area contributed by atoms with Crippen molar-refractivity contribution in [1.29, 1.82) is 0 Å². The Morgan fingerprint density at radius 1 is 1.11 bits per heavy atom. The van der Waals surface area contributed by atoms with E-state index in [0.29, 0.717) is 24.5 Å². The molecule has 1 atom stereocenters. The van der Waals surface area contributed by atoms with Gasteiger partial charge in [0.15, 0.2) is 11.5 Å². The number of fused-ring (bicyclic) bond motifs is 1. The van der Waals surface area contributed by atoms with E-state index in [2.05, 4.69) is 31.9 Å². The number of allylic oxidation sites excluding steroid dienone is 1. The van der Waals surface area contributed by atoms with Gasteiger partial charge in [-0.3, -0.25) is 4.79 Å². The maximum Gasteiger partial charge on any atom is 0.251 e. The van der Waals surface area contributed by atoms with Crippen molar-refractivity contribution in [2.75, 3.05) is 13.7 Å². The number of nitrogens with zero attached hydrogens (tertiary/aromatic N) is 2. The van der Waals surface area contributed by atoms with Crippen molar-refractivity contribution in [2.45, 2.75) is 32.9 Å². The molecule has 186 valence electrons. The second kappa shape index (κ2) is 11.9. The number of ether oxygens (including phenoxy) is 2. The summed E-state index contributed by atoms with van der Waals surface area (Å²) < 4.78 is 14.7. The van der Waals surface area contributed by atoms with Gasteiger partial charge in [0.05, 0.1) is 30.8 Å². The average Bonchev–Trinajstić information content (AvgIpc) is 3.26. The quantitative estimate of drug-likeness (QED) is 0.222. The summed E-state index contributed by atoms with van der Waals surface area (Å²) in [7, 11) is 1.65. The third-order valence-corrected chi connectivity index (χ3v) is 6.38. The first-order valence-electron chi connectivity index (χ1n) is 11.9. The van der Waals surface area contributed by atoms with E-state index in [1.54, 1.807) is 19.2 Å². The fourth-order valence-corrected chi connectivity index (χ4v) is 4.37. The summed E-state index contributed by atoms with van der Waals surface area (Å²) in [6, 6.07) is 21.0. The molecule has 3 aromatic carbocycles. The van der Waals surface area contributed by atoms with E-state index in [4.69, 9.17) is 14.5 Å². The molecule has 1 unspecified atom stereocenters. The first kappa shape index (κ1) is 25.5. The van der Waals surface area contributed by atoms with Gasteiger partial charge in [0.1, 0.15) is 5.82 Å². The van der Waals surface area contributed by atoms with Crippen LogP contribution in [0.15, 0.2) is 77.3 Å². The molecular formula is C29H30BrN3O3. The molecule has 0 saturated carbocycles. The topological polar surface area (TPSA) is 65.4 Å². The normalized spacial score (nSPS) is 12.1. The van der Waals surface area contributed by atoms with Crippen LogP contribution in [0.5, 0.6) is 11.5 Å². The predicted octanol–water partition coefficient (Wildman–Crippen LogP) is 6.80. The van der Waals surface area contributed by atoms with Crippen molar-refractivity contribution >= 4 is 38.9 Å². The van der Waals surface area contributed by atoms with Crippen LogP contribution in [0, 0.1) is 0 Å². The Bertz CT molecular complexity index is 1360. The number of nitrogens with one attached hydrogen (secondary N) is 1. The number of rotatable bonds is 10. The molecule has 0 fully saturated rings. The van der Waals surface area contributed by atoms with Gasteiger partial charge >= 0.3 is 0 Å². The van der Waals surface area contributed by atoms with Crippen molar-refractivity contribution < 1.29 is 14.3 Å². The summed E-state index contributed by atoms with van der Waals surface area (Å²) >= 11 is 3.41. The number of aryl methyl sites for hydroxylation is 1. The molecule has 1 amide bonds. The minimum Gasteiger partial charge on any atom is -0.493 e. The number of imidazole rings is 1. The monoisotopic (exact) mass is 547 g/mol. The Kier molecular flexibility index (Phi) is 8.44. The summed E-state index contributed by atoms with van der Waals surface area (Å²) in [6.45, 7) is 5.17. The van der Waals surface area contributed by atoms with Crippen LogP contribution in [-0.4, -0.2) is 29.2 Å². The zero-order valence-corrected chi connectivity index (χ0v) is 22.3. The highest BCUT2D eigenvalue weighted by Gasteiger charge is 2.19. The number of aromatic nitrogens is 2. The number of benzene rings is 3. The van der Waals surface area contributed by atoms with E-state index >= 15 is 0 Å². The molecule has 6 nitrogen and oxygen atoms in total. The second-order valence-electron chi connectivity index (χ2n) is 8.42. The summed E-state index contributed by atoms with van der Waals surface area (Å²) in [6.07, 6.45) is 4.78. The summed E-state index contributed by atoms with van der Waals surface area (Å²) in [5.74, 6) is 2.11. The molecule has 1 N–H and O–H groups in total. The zero-order valence-electron chi connectivity index (χ0n) is 20.7. The van der Waals surface area contributed by atoms with Crippen LogP contribution in [0.4, 0.5) is 0 Å². The van der Waals surface area contributed by atoms with Crippen LogP contribution < -0.4 is 14.8 Å². The van der Waals surface area contributed by atoms with Gasteiger partial charge in [-0.25, -0.2) is 4.98 Å². The lowest BCUT2D eigenvalue weighted by Crippen LogP contribution is -2.28. The minimum atomic E-state index is -0.270. The van der Waals surface area contributed by atoms with Crippen molar-refractivity contribution in [3.63, 3.8) is 0 Å². The fourth-order valence-electron chi connectivity index (χ4n) is 4.11. The SMILES string of the molecule is C/C=C/c1ccc(OCCCn2c(C(C)NC(=O)c3ccc(Br)cc3)nc3ccccc32)c(OC)c1. The van der Waals surface area contributed by atoms with Crippen LogP contribution in [0.1, 0.15) is 48.1 Å². The summed E-state index contributed by atoms with van der Waals surface area (Å²) in [5, 5.41) is 3.09. The van der Waals surface area contributed by atoms with Crippen molar-refractivity contribution in [1.82, 2.24) is 14.9 Å². The van der Waals surface area contributed by atoms with Crippen LogP contribution in [-0.2, 0) is 6.54 Å². The largest absolute Gasteiger partial charge is 0.493 e. The van der Waals surface area contributed by atoms with E-state index in [9.17, 15) is 4.79 Å². The number of hydrogen-bond acceptors (Lipinski definition) is 4. The maximum absolute atomic E-state index is 12.8. The maximum atomic E-state index is 12.8. The number of hydrogen-bond donors (Lipinski definition) is 1. The third-order valence-electron chi connectivity index (χ3n) is 5.86. The molecule has 7 heteroatoms. The van der Waals surface area contributed by atoms with Gasteiger partial charge in [0.25, 0.3) is 5.91 Å². The molecular weight excluding hydrogens is 518 g/mol. The number of carbonyl (C=O) groups is 1. The van der Waals surface area contributed by atoms with Gasteiger partial charge in [-0.2, -0.15) is 0 Å². The van der Waals surface area contributed by atoms with E-state index < -0.39 is 0 Å². The number of methoxy groups -OCH3 is 1. The molecule has 0 saturated heterocycles. The number of carbonyl (C=O) groups excluding carboxylic acids is 1. The molecule has 1 heterocycles. The van der Waals surface area contributed by atoms with Crippen molar-refractivity contribution in [2.24, 2.45) is 0 Å². The standard InChI is InChI=1S/C29H30BrN3O3/c1-4-8-21-11-16-26(27(19-21)35-3)36-18-7-17-33-25-10-6-5-9-24(25)32-28(33)20(2)31-29(34)22-12-14-23(30)15-13-22/h4-6,8-16,19-20H,7,17-18H2,1-3H3,(H,31,34)/b8-4+. The van der Waals surface area contributed by atoms with E-state index in [-0.39, 0.29) is 11.9 Å². The molecule has 36 heavy (non-hydrogen) atoms. The molecule has 0 spiro atoms. The minimum absolute atomic E-state index is 0.134. The van der Waals surface area contributed by atoms with Crippen LogP contribution in [0.3, 0.4) is 0 Å². The van der Waals surface area contributed by atoms with Gasteiger partial charge in [0, 0.05) is 16.6 Å². The Hall–Kier alpha value is -3.58. The lowest BCUT2D eigenvalue weighted by molar-refractivity contribution is 0.0937. The molecule has 0 bridgehead atoms. The predicted molar refractivity (Wildman–Crippen MR) is 148 cm³/mol.